The van der Waals surface area contributed by atoms with E-state index in [4.69, 9.17) is 0 Å². The van der Waals surface area contributed by atoms with Gasteiger partial charge in [-0.15, -0.1) is 0 Å². The first kappa shape index (κ1) is 12.4. The smallest absolute Gasteiger partial charge is 0.0126 e. The second-order valence-electron chi connectivity index (χ2n) is 7.27. The summed E-state index contributed by atoms with van der Waals surface area (Å²) in [7, 11) is 0. The molecule has 0 aromatic rings. The van der Waals surface area contributed by atoms with E-state index in [1.807, 2.05) is 0 Å². The summed E-state index contributed by atoms with van der Waals surface area (Å²) in [6.07, 6.45) is 10.3. The lowest BCUT2D eigenvalue weighted by molar-refractivity contribution is 0.00905. The third kappa shape index (κ3) is 2.30. The quantitative estimate of drug-likeness (QED) is 0.742. The Bertz CT molecular complexity index is 232. The first-order valence-electron chi connectivity index (χ1n) is 7.20. The summed E-state index contributed by atoms with van der Waals surface area (Å²) < 4.78 is 0. The minimum atomic E-state index is 0.394. The Morgan fingerprint density at radius 3 is 2.12 bits per heavy atom. The van der Waals surface area contributed by atoms with Gasteiger partial charge in [-0.3, -0.25) is 0 Å². The van der Waals surface area contributed by atoms with Gasteiger partial charge >= 0.3 is 0 Å². The molecule has 0 radical (unpaired) electrons. The van der Waals surface area contributed by atoms with E-state index in [1.54, 1.807) is 0 Å². The molecule has 2 fully saturated rings. The van der Waals surface area contributed by atoms with Crippen molar-refractivity contribution in [2.24, 2.45) is 10.8 Å². The molecule has 0 aliphatic heterocycles. The Morgan fingerprint density at radius 2 is 1.69 bits per heavy atom. The van der Waals surface area contributed by atoms with Crippen LogP contribution in [0.5, 0.6) is 0 Å². The molecular weight excluding hydrogens is 194 g/mol. The first-order chi connectivity index (χ1) is 7.44. The van der Waals surface area contributed by atoms with Gasteiger partial charge in [0.05, 0.1) is 0 Å². The van der Waals surface area contributed by atoms with Gasteiger partial charge in [0.25, 0.3) is 0 Å². The van der Waals surface area contributed by atoms with E-state index in [0.717, 1.165) is 6.04 Å². The maximum absolute atomic E-state index is 3.92. The third-order valence-electron chi connectivity index (χ3n) is 5.27. The van der Waals surface area contributed by atoms with Gasteiger partial charge in [0.15, 0.2) is 0 Å². The number of rotatable bonds is 2. The number of hydrogen-bond acceptors (Lipinski definition) is 1. The highest BCUT2D eigenvalue weighted by Crippen LogP contribution is 2.52. The summed E-state index contributed by atoms with van der Waals surface area (Å²) in [6, 6.07) is 1.46. The fraction of sp³-hybridized carbons (Fsp3) is 1.00. The second-order valence-corrected chi connectivity index (χ2v) is 7.27. The van der Waals surface area contributed by atoms with Crippen molar-refractivity contribution in [2.45, 2.75) is 84.7 Å². The lowest BCUT2D eigenvalue weighted by Crippen LogP contribution is -2.58. The molecule has 16 heavy (non-hydrogen) atoms. The molecule has 2 saturated carbocycles. The van der Waals surface area contributed by atoms with Crippen LogP contribution in [0, 0.1) is 10.8 Å². The van der Waals surface area contributed by atoms with Crippen molar-refractivity contribution in [3.05, 3.63) is 0 Å². The Kier molecular flexibility index (Phi) is 3.36. The van der Waals surface area contributed by atoms with Crippen molar-refractivity contribution >= 4 is 0 Å². The van der Waals surface area contributed by atoms with Crippen LogP contribution in [0.2, 0.25) is 0 Å². The van der Waals surface area contributed by atoms with Gasteiger partial charge in [0.2, 0.25) is 0 Å². The largest absolute Gasteiger partial charge is 0.310 e. The molecule has 1 nitrogen and oxygen atoms in total. The van der Waals surface area contributed by atoms with E-state index >= 15 is 0 Å². The van der Waals surface area contributed by atoms with E-state index in [2.05, 4.69) is 33.0 Å². The van der Waals surface area contributed by atoms with Gasteiger partial charge in [0, 0.05) is 12.1 Å². The van der Waals surface area contributed by atoms with Crippen LogP contribution < -0.4 is 5.32 Å². The molecule has 94 valence electrons. The molecule has 1 N–H and O–H groups in total. The summed E-state index contributed by atoms with van der Waals surface area (Å²) in [5, 5.41) is 3.92. The van der Waals surface area contributed by atoms with Crippen molar-refractivity contribution in [2.75, 3.05) is 0 Å². The van der Waals surface area contributed by atoms with Gasteiger partial charge in [-0.25, -0.2) is 0 Å². The Hall–Kier alpha value is -0.0400. The van der Waals surface area contributed by atoms with Gasteiger partial charge in [-0.05, 0) is 43.4 Å². The molecule has 1 spiro atoms. The number of hydrogen-bond donors (Lipinski definition) is 1. The van der Waals surface area contributed by atoms with Crippen molar-refractivity contribution < 1.29 is 0 Å². The second kappa shape index (κ2) is 4.33. The van der Waals surface area contributed by atoms with Crippen molar-refractivity contribution in [1.82, 2.24) is 5.32 Å². The third-order valence-corrected chi connectivity index (χ3v) is 5.27. The van der Waals surface area contributed by atoms with E-state index in [-0.39, 0.29) is 0 Å². The standard InChI is InChI=1S/C15H29N/c1-12(14(2,3)4)16-13-8-11-15(13)9-6-5-7-10-15/h12-13,16H,5-11H2,1-4H3. The van der Waals surface area contributed by atoms with Crippen molar-refractivity contribution in [1.29, 1.82) is 0 Å². The highest BCUT2D eigenvalue weighted by Gasteiger charge is 2.47. The van der Waals surface area contributed by atoms with Crippen LogP contribution in [0.4, 0.5) is 0 Å². The number of nitrogens with one attached hydrogen (secondary N) is 1. The van der Waals surface area contributed by atoms with Crippen LogP contribution in [-0.4, -0.2) is 12.1 Å². The lowest BCUT2D eigenvalue weighted by Gasteiger charge is -2.54. The minimum absolute atomic E-state index is 0.394. The molecule has 0 amide bonds. The Morgan fingerprint density at radius 1 is 1.06 bits per heavy atom. The normalized spacial score (nSPS) is 31.1. The average molecular weight is 223 g/mol. The van der Waals surface area contributed by atoms with E-state index in [0.29, 0.717) is 16.9 Å². The molecule has 2 unspecified atom stereocenters. The van der Waals surface area contributed by atoms with Crippen LogP contribution in [-0.2, 0) is 0 Å². The Balaban J connectivity index is 1.91. The lowest BCUT2D eigenvalue weighted by atomic mass is 9.57. The fourth-order valence-electron chi connectivity index (χ4n) is 3.36. The first-order valence-corrected chi connectivity index (χ1v) is 7.20. The molecule has 0 aromatic carbocycles. The zero-order chi connectivity index (χ0) is 11.8. The highest BCUT2D eigenvalue weighted by atomic mass is 15.0. The summed E-state index contributed by atoms with van der Waals surface area (Å²) >= 11 is 0. The summed E-state index contributed by atoms with van der Waals surface area (Å²) in [5.74, 6) is 0. The molecule has 0 heterocycles. The average Bonchev–Trinajstić information content (AvgIpc) is 2.24. The topological polar surface area (TPSA) is 12.0 Å². The SMILES string of the molecule is CC(NC1CCC12CCCCC2)C(C)(C)C. The predicted octanol–water partition coefficient (Wildman–Crippen LogP) is 4.12. The molecule has 0 bridgehead atoms. The zero-order valence-corrected chi connectivity index (χ0v) is 11.6. The van der Waals surface area contributed by atoms with Crippen LogP contribution in [0.15, 0.2) is 0 Å². The molecule has 0 aromatic heterocycles. The van der Waals surface area contributed by atoms with Gasteiger partial charge in [-0.1, -0.05) is 40.0 Å². The minimum Gasteiger partial charge on any atom is -0.310 e. The maximum Gasteiger partial charge on any atom is 0.0126 e. The molecule has 2 aliphatic carbocycles. The molecular formula is C15H29N. The van der Waals surface area contributed by atoms with E-state index < -0.39 is 0 Å². The molecule has 2 atom stereocenters. The summed E-state index contributed by atoms with van der Waals surface area (Å²) in [4.78, 5) is 0. The maximum atomic E-state index is 3.92. The zero-order valence-electron chi connectivity index (χ0n) is 11.6. The van der Waals surface area contributed by atoms with Gasteiger partial charge in [-0.2, -0.15) is 0 Å². The molecule has 2 rings (SSSR count). The summed E-state index contributed by atoms with van der Waals surface area (Å²) in [6.45, 7) is 9.39. The van der Waals surface area contributed by atoms with Gasteiger partial charge in [0.1, 0.15) is 0 Å². The van der Waals surface area contributed by atoms with Crippen LogP contribution >= 0.6 is 0 Å². The van der Waals surface area contributed by atoms with E-state index in [9.17, 15) is 0 Å². The van der Waals surface area contributed by atoms with E-state index in [1.165, 1.54) is 44.9 Å². The van der Waals surface area contributed by atoms with Crippen LogP contribution in [0.25, 0.3) is 0 Å². The van der Waals surface area contributed by atoms with Crippen LogP contribution in [0.3, 0.4) is 0 Å². The molecule has 2 aliphatic rings. The summed E-state index contributed by atoms with van der Waals surface area (Å²) in [5.41, 5.74) is 1.10. The monoisotopic (exact) mass is 223 g/mol. The predicted molar refractivity (Wildman–Crippen MR) is 70.6 cm³/mol. The molecule has 1 heteroatoms. The Labute approximate surface area is 101 Å². The highest BCUT2D eigenvalue weighted by molar-refractivity contribution is 5.03. The van der Waals surface area contributed by atoms with Gasteiger partial charge < -0.3 is 5.32 Å². The van der Waals surface area contributed by atoms with Crippen molar-refractivity contribution in [3.63, 3.8) is 0 Å². The van der Waals surface area contributed by atoms with Crippen molar-refractivity contribution in [3.8, 4) is 0 Å². The fourth-order valence-corrected chi connectivity index (χ4v) is 3.36. The van der Waals surface area contributed by atoms with Crippen LogP contribution in [0.1, 0.15) is 72.6 Å². The molecule has 0 saturated heterocycles.